The summed E-state index contributed by atoms with van der Waals surface area (Å²) in [6.45, 7) is 1.64. The molecule has 0 aliphatic rings. The normalized spacial score (nSPS) is 12.1. The van der Waals surface area contributed by atoms with Crippen LogP contribution < -0.4 is 15.8 Å². The molecule has 0 spiro atoms. The van der Waals surface area contributed by atoms with E-state index in [1.807, 2.05) is 0 Å². The maximum atomic E-state index is 9.04. The molecule has 0 radical (unpaired) electrons. The first kappa shape index (κ1) is 16.4. The van der Waals surface area contributed by atoms with Gasteiger partial charge in [0.05, 0.1) is 12.8 Å². The molecule has 18 heavy (non-hydrogen) atoms. The molecule has 0 saturated heterocycles. The summed E-state index contributed by atoms with van der Waals surface area (Å²) in [5, 5.41) is 11.9. The predicted octanol–water partition coefficient (Wildman–Crippen LogP) is 0.375. The second kappa shape index (κ2) is 7.01. The molecule has 8 nitrogen and oxygen atoms in total. The highest BCUT2D eigenvalue weighted by Gasteiger charge is 2.01. The van der Waals surface area contributed by atoms with Gasteiger partial charge < -0.3 is 20.9 Å². The number of methoxy groups -OCH3 is 1. The van der Waals surface area contributed by atoms with Crippen molar-refractivity contribution in [1.29, 1.82) is 0 Å². The maximum Gasteiger partial charge on any atom is 0.394 e. The summed E-state index contributed by atoms with van der Waals surface area (Å²) in [6.07, 6.45) is -0.590. The minimum absolute atomic E-state index is 0.549. The molecule has 1 rings (SSSR count). The molecule has 1 aromatic rings. The molecule has 0 aromatic heterocycles. The van der Waals surface area contributed by atoms with Crippen LogP contribution >= 0.6 is 0 Å². The Kier molecular flexibility index (Phi) is 6.41. The van der Waals surface area contributed by atoms with Gasteiger partial charge >= 0.3 is 10.4 Å². The number of hydrogen-bond acceptors (Lipinski definition) is 6. The molecule has 0 fully saturated rings. The van der Waals surface area contributed by atoms with E-state index in [1.165, 1.54) is 0 Å². The van der Waals surface area contributed by atoms with Crippen LogP contribution in [0.15, 0.2) is 18.2 Å². The fourth-order valence-corrected chi connectivity index (χ4v) is 1.07. The van der Waals surface area contributed by atoms with Crippen molar-refractivity contribution in [3.8, 4) is 5.75 Å². The van der Waals surface area contributed by atoms with Crippen LogP contribution in [0.4, 0.5) is 11.4 Å². The van der Waals surface area contributed by atoms with Gasteiger partial charge in [0, 0.05) is 5.69 Å². The second-order valence-corrected chi connectivity index (χ2v) is 4.12. The molecule has 1 aromatic carbocycles. The molecule has 1 unspecified atom stereocenters. The molecular weight excluding hydrogens is 264 g/mol. The molecule has 0 aliphatic carbocycles. The lowest BCUT2D eigenvalue weighted by Gasteiger charge is -2.11. The molecule has 0 saturated carbocycles. The number of aliphatic hydroxyl groups excluding tert-OH is 1. The number of aliphatic hydroxyl groups is 1. The van der Waals surface area contributed by atoms with Gasteiger partial charge in [-0.1, -0.05) is 0 Å². The van der Waals surface area contributed by atoms with Crippen LogP contribution in [0.3, 0.4) is 0 Å². The van der Waals surface area contributed by atoms with E-state index in [2.05, 4.69) is 5.32 Å². The van der Waals surface area contributed by atoms with Crippen molar-refractivity contribution in [2.75, 3.05) is 18.2 Å². The number of anilines is 2. The number of ether oxygens (including phenoxy) is 1. The zero-order chi connectivity index (χ0) is 14.3. The summed E-state index contributed by atoms with van der Waals surface area (Å²) in [5.74, 6) is 0.635. The average Bonchev–Trinajstić information content (AvgIpc) is 2.14. The minimum Gasteiger partial charge on any atom is -0.495 e. The first-order valence-corrected chi connectivity index (χ1v) is 6.11. The van der Waals surface area contributed by atoms with E-state index in [-0.39, 0.29) is 0 Å². The number of benzene rings is 1. The molecule has 0 aliphatic heterocycles. The summed E-state index contributed by atoms with van der Waals surface area (Å²) in [7, 11) is -3.10. The number of nitrogens with two attached hydrogens (primary N) is 1. The average molecular weight is 280 g/mol. The Morgan fingerprint density at radius 2 is 1.89 bits per heavy atom. The number of nitrogens with one attached hydrogen (secondary N) is 1. The molecule has 1 atom stereocenters. The van der Waals surface area contributed by atoms with E-state index in [9.17, 15) is 0 Å². The van der Waals surface area contributed by atoms with Crippen molar-refractivity contribution in [3.63, 3.8) is 0 Å². The van der Waals surface area contributed by atoms with Crippen molar-refractivity contribution >= 4 is 21.8 Å². The Balaban J connectivity index is 0.000000494. The Morgan fingerprint density at radius 1 is 1.39 bits per heavy atom. The molecular formula is C9H16N2O6S. The van der Waals surface area contributed by atoms with E-state index >= 15 is 0 Å². The van der Waals surface area contributed by atoms with Gasteiger partial charge in [-0.15, -0.1) is 0 Å². The van der Waals surface area contributed by atoms with Gasteiger partial charge in [-0.25, -0.2) is 0 Å². The van der Waals surface area contributed by atoms with E-state index in [0.717, 1.165) is 5.69 Å². The quantitative estimate of drug-likeness (QED) is 0.304. The highest BCUT2D eigenvalue weighted by molar-refractivity contribution is 7.79. The van der Waals surface area contributed by atoms with Crippen LogP contribution in [-0.2, 0) is 10.4 Å². The van der Waals surface area contributed by atoms with Crippen LogP contribution in [0.5, 0.6) is 5.75 Å². The van der Waals surface area contributed by atoms with Crippen LogP contribution in [0.1, 0.15) is 6.92 Å². The van der Waals surface area contributed by atoms with Gasteiger partial charge in [0.25, 0.3) is 0 Å². The summed E-state index contributed by atoms with van der Waals surface area (Å²) < 4.78 is 36.6. The van der Waals surface area contributed by atoms with E-state index in [4.69, 9.17) is 33.1 Å². The van der Waals surface area contributed by atoms with Gasteiger partial charge in [-0.3, -0.25) is 9.11 Å². The highest BCUT2D eigenvalue weighted by atomic mass is 32.3. The van der Waals surface area contributed by atoms with Crippen LogP contribution in [0, 0.1) is 0 Å². The van der Waals surface area contributed by atoms with Crippen molar-refractivity contribution in [2.45, 2.75) is 13.2 Å². The third kappa shape index (κ3) is 8.58. The van der Waals surface area contributed by atoms with Crippen molar-refractivity contribution in [2.24, 2.45) is 0 Å². The van der Waals surface area contributed by atoms with Gasteiger partial charge in [-0.05, 0) is 25.1 Å². The third-order valence-corrected chi connectivity index (χ3v) is 1.61. The second-order valence-electron chi connectivity index (χ2n) is 3.22. The van der Waals surface area contributed by atoms with E-state index < -0.39 is 16.6 Å². The van der Waals surface area contributed by atoms with Gasteiger partial charge in [0.2, 0.25) is 0 Å². The van der Waals surface area contributed by atoms with Crippen LogP contribution in [0.2, 0.25) is 0 Å². The van der Waals surface area contributed by atoms with E-state index in [0.29, 0.717) is 11.4 Å². The van der Waals surface area contributed by atoms with Crippen LogP contribution in [-0.4, -0.2) is 36.0 Å². The molecule has 6 N–H and O–H groups in total. The monoisotopic (exact) mass is 280 g/mol. The zero-order valence-electron chi connectivity index (χ0n) is 9.86. The Hall–Kier alpha value is -1.55. The fraction of sp³-hybridized carbons (Fsp3) is 0.333. The third-order valence-electron chi connectivity index (χ3n) is 1.61. The summed E-state index contributed by atoms with van der Waals surface area (Å²) in [4.78, 5) is 0. The number of hydrogen-bond donors (Lipinski definition) is 5. The largest absolute Gasteiger partial charge is 0.495 e. The topological polar surface area (TPSA) is 142 Å². The molecule has 0 heterocycles. The number of rotatable bonds is 3. The predicted molar refractivity (Wildman–Crippen MR) is 66.9 cm³/mol. The smallest absolute Gasteiger partial charge is 0.394 e. The van der Waals surface area contributed by atoms with Crippen molar-refractivity contribution < 1.29 is 27.4 Å². The summed E-state index contributed by atoms with van der Waals surface area (Å²) in [6, 6.07) is 5.26. The SMILES string of the molecule is COc1ccc(NC(C)O)cc1N.O=S(=O)(O)O. The molecule has 9 heteroatoms. The maximum absolute atomic E-state index is 9.04. The lowest BCUT2D eigenvalue weighted by Crippen LogP contribution is -2.13. The first-order chi connectivity index (χ1) is 8.13. The van der Waals surface area contributed by atoms with Gasteiger partial charge in [0.1, 0.15) is 12.0 Å². The molecule has 0 amide bonds. The molecule has 0 bridgehead atoms. The van der Waals surface area contributed by atoms with Crippen molar-refractivity contribution in [3.05, 3.63) is 18.2 Å². The van der Waals surface area contributed by atoms with E-state index in [1.54, 1.807) is 32.2 Å². The summed E-state index contributed by atoms with van der Waals surface area (Å²) >= 11 is 0. The summed E-state index contributed by atoms with van der Waals surface area (Å²) in [5.41, 5.74) is 6.98. The Bertz CT molecular complexity index is 466. The molecule has 104 valence electrons. The highest BCUT2D eigenvalue weighted by Crippen LogP contribution is 2.24. The van der Waals surface area contributed by atoms with Crippen LogP contribution in [0.25, 0.3) is 0 Å². The Morgan fingerprint density at radius 3 is 2.22 bits per heavy atom. The minimum atomic E-state index is -4.67. The standard InChI is InChI=1S/C9H14N2O2.H2O4S/c1-6(12)11-7-3-4-9(13-2)8(10)5-7;1-5(2,3)4/h3-6,11-12H,10H2,1-2H3;(H2,1,2,3,4). The number of nitrogen functional groups attached to an aromatic ring is 1. The first-order valence-electron chi connectivity index (χ1n) is 4.71. The van der Waals surface area contributed by atoms with Gasteiger partial charge in [0.15, 0.2) is 0 Å². The lowest BCUT2D eigenvalue weighted by molar-refractivity contribution is 0.224. The van der Waals surface area contributed by atoms with Crippen molar-refractivity contribution in [1.82, 2.24) is 0 Å². The lowest BCUT2D eigenvalue weighted by atomic mass is 10.2. The Labute approximate surface area is 105 Å². The zero-order valence-corrected chi connectivity index (χ0v) is 10.7. The van der Waals surface area contributed by atoms with Gasteiger partial charge in [-0.2, -0.15) is 8.42 Å². The fourth-order valence-electron chi connectivity index (χ4n) is 1.07.